The lowest BCUT2D eigenvalue weighted by Gasteiger charge is -2.00. The highest BCUT2D eigenvalue weighted by Gasteiger charge is 2.13. The van der Waals surface area contributed by atoms with Crippen LogP contribution < -0.4 is 5.32 Å². The fourth-order valence-corrected chi connectivity index (χ4v) is 1.57. The quantitative estimate of drug-likeness (QED) is 0.845. The summed E-state index contributed by atoms with van der Waals surface area (Å²) in [6, 6.07) is 0. The molecule has 1 amide bonds. The highest BCUT2D eigenvalue weighted by Crippen LogP contribution is 2.12. The molecule has 7 heteroatoms. The number of carbonyl (C=O) groups excluding carboxylic acids is 1. The van der Waals surface area contributed by atoms with Crippen molar-refractivity contribution in [3.8, 4) is 0 Å². The second-order valence-corrected chi connectivity index (χ2v) is 3.99. The van der Waals surface area contributed by atoms with Gasteiger partial charge in [0.2, 0.25) is 0 Å². The maximum atomic E-state index is 11.6. The van der Waals surface area contributed by atoms with Crippen molar-refractivity contribution >= 4 is 27.5 Å². The summed E-state index contributed by atoms with van der Waals surface area (Å²) in [5.41, 5.74) is 0.875. The summed E-state index contributed by atoms with van der Waals surface area (Å²) in [6.45, 7) is 0.122. The molecule has 2 aromatic heterocycles. The number of amides is 1. The Hall–Kier alpha value is -1.47. The number of rotatable bonds is 3. The van der Waals surface area contributed by atoms with Gasteiger partial charge in [-0.05, 0) is 15.9 Å². The Morgan fingerprint density at radius 3 is 3.12 bits per heavy atom. The van der Waals surface area contributed by atoms with Gasteiger partial charge in [0.25, 0.3) is 5.91 Å². The summed E-state index contributed by atoms with van der Waals surface area (Å²) in [6.07, 6.45) is 4.76. The smallest absolute Gasteiger partial charge is 0.256 e. The molecule has 0 aromatic carbocycles. The van der Waals surface area contributed by atoms with Gasteiger partial charge in [0.05, 0.1) is 17.3 Å². The van der Waals surface area contributed by atoms with Gasteiger partial charge in [0, 0.05) is 18.9 Å². The SMILES string of the molecule is O=C(NCCO)c1cnn2cc(Br)cnc12. The van der Waals surface area contributed by atoms with Crippen LogP contribution in [0.1, 0.15) is 10.4 Å². The van der Waals surface area contributed by atoms with E-state index in [-0.39, 0.29) is 19.1 Å². The van der Waals surface area contributed by atoms with Gasteiger partial charge in [-0.3, -0.25) is 4.79 Å². The van der Waals surface area contributed by atoms with Gasteiger partial charge in [-0.15, -0.1) is 0 Å². The van der Waals surface area contributed by atoms with Crippen LogP contribution in [-0.4, -0.2) is 38.8 Å². The van der Waals surface area contributed by atoms with E-state index in [1.165, 1.54) is 10.7 Å². The van der Waals surface area contributed by atoms with E-state index in [0.717, 1.165) is 4.47 Å². The molecule has 6 nitrogen and oxygen atoms in total. The molecular weight excluding hydrogens is 276 g/mol. The first-order valence-electron chi connectivity index (χ1n) is 4.60. The van der Waals surface area contributed by atoms with Gasteiger partial charge >= 0.3 is 0 Å². The third kappa shape index (κ3) is 2.05. The predicted octanol–water partition coefficient (Wildman–Crippen LogP) is 0.214. The average Bonchev–Trinajstić information content (AvgIpc) is 2.68. The summed E-state index contributed by atoms with van der Waals surface area (Å²) >= 11 is 3.26. The molecule has 16 heavy (non-hydrogen) atoms. The third-order valence-corrected chi connectivity index (χ3v) is 2.38. The van der Waals surface area contributed by atoms with E-state index < -0.39 is 0 Å². The van der Waals surface area contributed by atoms with E-state index >= 15 is 0 Å². The minimum atomic E-state index is -0.293. The molecule has 0 aliphatic heterocycles. The molecule has 0 spiro atoms. The van der Waals surface area contributed by atoms with Crippen LogP contribution in [0.3, 0.4) is 0 Å². The molecule has 2 aromatic rings. The van der Waals surface area contributed by atoms with Crippen LogP contribution in [-0.2, 0) is 0 Å². The van der Waals surface area contributed by atoms with Gasteiger partial charge in [-0.1, -0.05) is 0 Å². The monoisotopic (exact) mass is 284 g/mol. The van der Waals surface area contributed by atoms with E-state index in [2.05, 4.69) is 31.3 Å². The maximum absolute atomic E-state index is 11.6. The predicted molar refractivity (Wildman–Crippen MR) is 60.1 cm³/mol. The molecule has 0 bridgehead atoms. The number of aromatic nitrogens is 3. The normalized spacial score (nSPS) is 10.6. The largest absolute Gasteiger partial charge is 0.395 e. The lowest BCUT2D eigenvalue weighted by molar-refractivity contribution is 0.0946. The van der Waals surface area contributed by atoms with E-state index in [4.69, 9.17) is 5.11 Å². The Kier molecular flexibility index (Phi) is 3.16. The highest BCUT2D eigenvalue weighted by molar-refractivity contribution is 9.10. The van der Waals surface area contributed by atoms with Crippen molar-refractivity contribution in [3.63, 3.8) is 0 Å². The number of halogens is 1. The van der Waals surface area contributed by atoms with Gasteiger partial charge in [0.1, 0.15) is 5.56 Å². The molecule has 0 aliphatic rings. The fourth-order valence-electron chi connectivity index (χ4n) is 1.28. The van der Waals surface area contributed by atoms with Crippen molar-refractivity contribution < 1.29 is 9.90 Å². The molecule has 0 unspecified atom stereocenters. The Morgan fingerprint density at radius 1 is 1.56 bits per heavy atom. The lowest BCUT2D eigenvalue weighted by atomic mass is 10.3. The zero-order valence-corrected chi connectivity index (χ0v) is 9.81. The molecule has 84 valence electrons. The first kappa shape index (κ1) is 11.0. The first-order valence-corrected chi connectivity index (χ1v) is 5.39. The number of aliphatic hydroxyl groups excluding tert-OH is 1. The molecule has 2 heterocycles. The van der Waals surface area contributed by atoms with Crippen molar-refractivity contribution in [3.05, 3.63) is 28.6 Å². The number of nitrogens with one attached hydrogen (secondary N) is 1. The minimum absolute atomic E-state index is 0.0933. The van der Waals surface area contributed by atoms with Crippen LogP contribution in [0.15, 0.2) is 23.1 Å². The number of fused-ring (bicyclic) bond motifs is 1. The van der Waals surface area contributed by atoms with Gasteiger partial charge in [-0.25, -0.2) is 9.50 Å². The Labute approximate surface area is 99.4 Å². The van der Waals surface area contributed by atoms with Crippen LogP contribution in [0.4, 0.5) is 0 Å². The maximum Gasteiger partial charge on any atom is 0.256 e. The van der Waals surface area contributed by atoms with Crippen LogP contribution in [0.5, 0.6) is 0 Å². The molecule has 0 fully saturated rings. The molecular formula is C9H9BrN4O2. The molecule has 0 saturated carbocycles. The van der Waals surface area contributed by atoms with Gasteiger partial charge in [-0.2, -0.15) is 5.10 Å². The van der Waals surface area contributed by atoms with E-state index in [1.54, 1.807) is 12.4 Å². The van der Waals surface area contributed by atoms with Crippen LogP contribution in [0.25, 0.3) is 5.65 Å². The van der Waals surface area contributed by atoms with Crippen molar-refractivity contribution in [2.24, 2.45) is 0 Å². The second-order valence-electron chi connectivity index (χ2n) is 3.08. The fraction of sp³-hybridized carbons (Fsp3) is 0.222. The minimum Gasteiger partial charge on any atom is -0.395 e. The molecule has 2 rings (SSSR count). The Bertz CT molecular complexity index is 525. The summed E-state index contributed by atoms with van der Waals surface area (Å²) in [4.78, 5) is 15.7. The van der Waals surface area contributed by atoms with Crippen molar-refractivity contribution in [2.75, 3.05) is 13.2 Å². The standard InChI is InChI=1S/C9H9BrN4O2/c10-6-3-12-8-7(4-13-14(8)5-6)9(16)11-1-2-15/h3-5,15H,1-2H2,(H,11,16). The van der Waals surface area contributed by atoms with Crippen LogP contribution in [0.2, 0.25) is 0 Å². The number of hydrogen-bond acceptors (Lipinski definition) is 4. The van der Waals surface area contributed by atoms with Crippen molar-refractivity contribution in [1.29, 1.82) is 0 Å². The van der Waals surface area contributed by atoms with Crippen LogP contribution in [0, 0.1) is 0 Å². The summed E-state index contributed by atoms with van der Waals surface area (Å²) in [5, 5.41) is 15.2. The number of carbonyl (C=O) groups is 1. The zero-order chi connectivity index (χ0) is 11.5. The van der Waals surface area contributed by atoms with Crippen molar-refractivity contribution in [2.45, 2.75) is 0 Å². The number of aliphatic hydroxyl groups is 1. The Balaban J connectivity index is 2.34. The molecule has 0 saturated heterocycles. The molecule has 0 aliphatic carbocycles. The van der Waals surface area contributed by atoms with E-state index in [9.17, 15) is 4.79 Å². The Morgan fingerprint density at radius 2 is 2.38 bits per heavy atom. The van der Waals surface area contributed by atoms with Crippen LogP contribution >= 0.6 is 15.9 Å². The third-order valence-electron chi connectivity index (χ3n) is 1.97. The summed E-state index contributed by atoms with van der Waals surface area (Å²) < 4.78 is 2.29. The van der Waals surface area contributed by atoms with E-state index in [1.807, 2.05) is 0 Å². The zero-order valence-electron chi connectivity index (χ0n) is 8.22. The number of nitrogens with zero attached hydrogens (tertiary/aromatic N) is 3. The topological polar surface area (TPSA) is 79.5 Å². The number of hydrogen-bond donors (Lipinski definition) is 2. The van der Waals surface area contributed by atoms with Gasteiger partial charge in [0.15, 0.2) is 5.65 Å². The molecule has 0 radical (unpaired) electrons. The van der Waals surface area contributed by atoms with Crippen molar-refractivity contribution in [1.82, 2.24) is 19.9 Å². The second kappa shape index (κ2) is 4.58. The molecule has 2 N–H and O–H groups in total. The van der Waals surface area contributed by atoms with Gasteiger partial charge < -0.3 is 10.4 Å². The molecule has 0 atom stereocenters. The highest BCUT2D eigenvalue weighted by atomic mass is 79.9. The average molecular weight is 285 g/mol. The summed E-state index contributed by atoms with van der Waals surface area (Å²) in [5.74, 6) is -0.293. The lowest BCUT2D eigenvalue weighted by Crippen LogP contribution is -2.26. The van der Waals surface area contributed by atoms with E-state index in [0.29, 0.717) is 11.2 Å². The summed E-state index contributed by atoms with van der Waals surface area (Å²) in [7, 11) is 0. The first-order chi connectivity index (χ1) is 7.72.